The van der Waals surface area contributed by atoms with Gasteiger partial charge in [-0.05, 0) is 0 Å². The Hall–Kier alpha value is -0.750. The minimum Gasteiger partial charge on any atom is -0.370 e. The van der Waals surface area contributed by atoms with E-state index in [0.717, 1.165) is 0 Å². The molecule has 0 unspecified atom stereocenters. The Bertz CT molecular complexity index is 138. The van der Waals surface area contributed by atoms with Gasteiger partial charge in [-0.3, -0.25) is 14.3 Å². The van der Waals surface area contributed by atoms with Crippen LogP contribution in [0.25, 0.3) is 0 Å². The minimum atomic E-state index is -0.530. The normalized spacial score (nSPS) is 8.90. The fraction of sp³-hybridized carbons (Fsp3) is 0.500. The quantitative estimate of drug-likeness (QED) is 0.385. The summed E-state index contributed by atoms with van der Waals surface area (Å²) in [6.07, 6.45) is 0.0231. The summed E-state index contributed by atoms with van der Waals surface area (Å²) in [5.41, 5.74) is 4.75. The number of amides is 2. The van der Waals surface area contributed by atoms with Crippen LogP contribution in [0.5, 0.6) is 0 Å². The Balaban J connectivity index is 3.30. The maximum absolute atomic E-state index is 10.4. The first kappa shape index (κ1) is 9.25. The summed E-state index contributed by atoms with van der Waals surface area (Å²) in [6.45, 7) is 0. The molecule has 10 heavy (non-hydrogen) atoms. The van der Waals surface area contributed by atoms with E-state index >= 15 is 0 Å². The molecular weight excluding hydrogens is 156 g/mol. The van der Waals surface area contributed by atoms with E-state index in [1.165, 1.54) is 0 Å². The summed E-state index contributed by atoms with van der Waals surface area (Å²) in [5, 5.41) is 0. The smallest absolute Gasteiger partial charge is 0.232 e. The van der Waals surface area contributed by atoms with Gasteiger partial charge in [0.25, 0.3) is 0 Å². The van der Waals surface area contributed by atoms with Gasteiger partial charge >= 0.3 is 0 Å². The Morgan fingerprint density at radius 2 is 2.10 bits per heavy atom. The molecule has 0 rings (SSSR count). The first-order chi connectivity index (χ1) is 4.66. The molecule has 0 aliphatic carbocycles. The van der Waals surface area contributed by atoms with Crippen molar-refractivity contribution in [3.05, 3.63) is 0 Å². The van der Waals surface area contributed by atoms with Crippen molar-refractivity contribution in [2.75, 3.05) is 0 Å². The monoisotopic (exact) mass is 164 g/mol. The lowest BCUT2D eigenvalue weighted by Gasteiger charge is -1.95. The molecule has 5 nitrogen and oxygen atoms in total. The van der Waals surface area contributed by atoms with Crippen LogP contribution in [-0.4, -0.2) is 16.4 Å². The molecule has 6 heteroatoms. The predicted molar refractivity (Wildman–Crippen MR) is 36.8 cm³/mol. The maximum atomic E-state index is 10.4. The van der Waals surface area contributed by atoms with Gasteiger partial charge in [0.05, 0.1) is 0 Å². The standard InChI is InChI=1S/C4H8N2O3S/c5-3(7)1-2-4(8)6-10-9/h9H,1-2H2,(H2,5,7)(H,6,8). The molecule has 0 bridgehead atoms. The van der Waals surface area contributed by atoms with Crippen LogP contribution in [0.15, 0.2) is 0 Å². The Morgan fingerprint density at radius 3 is 2.50 bits per heavy atom. The molecular formula is C4H8N2O3S. The highest BCUT2D eigenvalue weighted by Gasteiger charge is 2.01. The molecule has 0 saturated heterocycles. The second-order valence-corrected chi connectivity index (χ2v) is 1.97. The summed E-state index contributed by atoms with van der Waals surface area (Å²) in [4.78, 5) is 20.5. The lowest BCUT2D eigenvalue weighted by molar-refractivity contribution is -0.123. The average Bonchev–Trinajstić information content (AvgIpc) is 1.85. The van der Waals surface area contributed by atoms with E-state index < -0.39 is 11.8 Å². The molecule has 0 aliphatic heterocycles. The summed E-state index contributed by atoms with van der Waals surface area (Å²) in [7, 11) is 0. The first-order valence-electron chi connectivity index (χ1n) is 2.54. The highest BCUT2D eigenvalue weighted by molar-refractivity contribution is 7.92. The van der Waals surface area contributed by atoms with Crippen LogP contribution >= 0.6 is 12.2 Å². The van der Waals surface area contributed by atoms with E-state index in [1.807, 2.05) is 4.72 Å². The maximum Gasteiger partial charge on any atom is 0.232 e. The van der Waals surface area contributed by atoms with Crippen molar-refractivity contribution in [3.63, 3.8) is 0 Å². The summed E-state index contributed by atoms with van der Waals surface area (Å²) >= 11 is 0.210. The number of rotatable bonds is 4. The van der Waals surface area contributed by atoms with Gasteiger partial charge in [-0.2, -0.15) is 0 Å². The van der Waals surface area contributed by atoms with Gasteiger partial charge in [0.1, 0.15) is 12.2 Å². The van der Waals surface area contributed by atoms with Crippen LogP contribution in [0.4, 0.5) is 0 Å². The van der Waals surface area contributed by atoms with E-state index in [0.29, 0.717) is 0 Å². The van der Waals surface area contributed by atoms with E-state index in [1.54, 1.807) is 0 Å². The van der Waals surface area contributed by atoms with Crippen LogP contribution in [-0.2, 0) is 9.59 Å². The number of carbonyl (C=O) groups excluding carboxylic acids is 2. The third-order valence-corrected chi connectivity index (χ3v) is 1.08. The average molecular weight is 164 g/mol. The topological polar surface area (TPSA) is 92.4 Å². The second kappa shape index (κ2) is 5.07. The molecule has 0 radical (unpaired) electrons. The van der Waals surface area contributed by atoms with Gasteiger partial charge in [0.2, 0.25) is 11.8 Å². The Labute approximate surface area is 62.3 Å². The highest BCUT2D eigenvalue weighted by atomic mass is 32.2. The number of nitrogens with two attached hydrogens (primary N) is 1. The zero-order valence-corrected chi connectivity index (χ0v) is 5.98. The molecule has 58 valence electrons. The molecule has 0 aromatic heterocycles. The summed E-state index contributed by atoms with van der Waals surface area (Å²) < 4.78 is 10.1. The van der Waals surface area contributed by atoms with Crippen molar-refractivity contribution in [2.45, 2.75) is 12.8 Å². The molecule has 0 heterocycles. The molecule has 2 amide bonds. The summed E-state index contributed by atoms with van der Waals surface area (Å²) in [6, 6.07) is 0. The lowest BCUT2D eigenvalue weighted by Crippen LogP contribution is -2.19. The molecule has 0 fully saturated rings. The van der Waals surface area contributed by atoms with Crippen LogP contribution in [0.2, 0.25) is 0 Å². The zero-order valence-electron chi connectivity index (χ0n) is 5.16. The molecule has 0 aliphatic rings. The van der Waals surface area contributed by atoms with Gasteiger partial charge in [-0.1, -0.05) is 0 Å². The molecule has 0 atom stereocenters. The molecule has 4 N–H and O–H groups in total. The van der Waals surface area contributed by atoms with Crippen LogP contribution in [0.1, 0.15) is 12.8 Å². The lowest BCUT2D eigenvalue weighted by atomic mass is 10.3. The van der Waals surface area contributed by atoms with Crippen molar-refractivity contribution in [1.82, 2.24) is 4.72 Å². The molecule has 0 saturated carbocycles. The van der Waals surface area contributed by atoms with Gasteiger partial charge in [-0.25, -0.2) is 0 Å². The summed E-state index contributed by atoms with van der Waals surface area (Å²) in [5.74, 6) is -0.940. The van der Waals surface area contributed by atoms with Crippen LogP contribution < -0.4 is 10.5 Å². The fourth-order valence-electron chi connectivity index (χ4n) is 0.339. The van der Waals surface area contributed by atoms with Crippen LogP contribution in [0.3, 0.4) is 0 Å². The third kappa shape index (κ3) is 5.39. The number of primary amides is 1. The van der Waals surface area contributed by atoms with Crippen molar-refractivity contribution in [3.8, 4) is 0 Å². The number of hydrogen-bond acceptors (Lipinski definition) is 4. The number of hydrogen-bond donors (Lipinski definition) is 3. The van der Waals surface area contributed by atoms with E-state index in [9.17, 15) is 9.59 Å². The van der Waals surface area contributed by atoms with Crippen molar-refractivity contribution in [1.29, 1.82) is 0 Å². The van der Waals surface area contributed by atoms with Gasteiger partial charge in [-0.15, -0.1) is 0 Å². The molecule has 0 aromatic carbocycles. The zero-order chi connectivity index (χ0) is 7.98. The number of nitrogens with one attached hydrogen (secondary N) is 1. The van der Waals surface area contributed by atoms with Gasteiger partial charge in [0.15, 0.2) is 0 Å². The SMILES string of the molecule is NC(=O)CCC(=O)NSO. The minimum absolute atomic E-state index is 0.00634. The van der Waals surface area contributed by atoms with E-state index in [2.05, 4.69) is 0 Å². The van der Waals surface area contributed by atoms with Crippen molar-refractivity contribution < 1.29 is 14.1 Å². The van der Waals surface area contributed by atoms with Gasteiger partial charge in [0, 0.05) is 12.8 Å². The third-order valence-electron chi connectivity index (χ3n) is 0.758. The van der Waals surface area contributed by atoms with E-state index in [4.69, 9.17) is 10.3 Å². The highest BCUT2D eigenvalue weighted by Crippen LogP contribution is 1.90. The van der Waals surface area contributed by atoms with Gasteiger partial charge < -0.3 is 10.3 Å². The first-order valence-corrected chi connectivity index (χ1v) is 3.31. The van der Waals surface area contributed by atoms with E-state index in [-0.39, 0.29) is 25.1 Å². The van der Waals surface area contributed by atoms with Crippen molar-refractivity contribution >= 4 is 24.0 Å². The Kier molecular flexibility index (Phi) is 4.69. The largest absolute Gasteiger partial charge is 0.370 e. The Morgan fingerprint density at radius 1 is 1.50 bits per heavy atom. The van der Waals surface area contributed by atoms with Crippen molar-refractivity contribution in [2.24, 2.45) is 5.73 Å². The predicted octanol–water partition coefficient (Wildman–Crippen LogP) is -0.511. The molecule has 0 spiro atoms. The van der Waals surface area contributed by atoms with Crippen LogP contribution in [0, 0.1) is 0 Å². The second-order valence-electron chi connectivity index (χ2n) is 1.58. The fourth-order valence-corrected chi connectivity index (χ4v) is 0.543. The molecule has 0 aromatic rings. The number of carbonyl (C=O) groups is 2.